The highest BCUT2D eigenvalue weighted by Gasteiger charge is 2.22. The number of hydrogen-bond acceptors (Lipinski definition) is 2. The third-order valence-corrected chi connectivity index (χ3v) is 11.0. The number of para-hydroxylation sites is 3. The molecule has 0 fully saturated rings. The molecule has 9 aromatic carbocycles. The highest BCUT2D eigenvalue weighted by Crippen LogP contribution is 2.45. The average Bonchev–Trinajstić information content (AvgIpc) is 3.61. The molecule has 0 amide bonds. The molecule has 0 N–H and O–H groups in total. The fourth-order valence-electron chi connectivity index (χ4n) is 8.52. The van der Waals surface area contributed by atoms with E-state index in [2.05, 4.69) is 193 Å². The molecular formula is C52H33N3. The van der Waals surface area contributed by atoms with Gasteiger partial charge in [0.2, 0.25) is 0 Å². The molecule has 0 saturated heterocycles. The van der Waals surface area contributed by atoms with Crippen molar-refractivity contribution in [2.45, 2.75) is 0 Å². The molecular weight excluding hydrogens is 667 g/mol. The Morgan fingerprint density at radius 1 is 0.309 bits per heavy atom. The fourth-order valence-corrected chi connectivity index (χ4v) is 8.52. The Labute approximate surface area is 318 Å². The number of aromatic nitrogens is 3. The van der Waals surface area contributed by atoms with Crippen LogP contribution in [0.2, 0.25) is 0 Å². The van der Waals surface area contributed by atoms with Crippen LogP contribution in [-0.4, -0.2) is 14.5 Å². The molecule has 0 unspecified atom stereocenters. The van der Waals surface area contributed by atoms with Crippen LogP contribution >= 0.6 is 0 Å². The molecule has 55 heavy (non-hydrogen) atoms. The van der Waals surface area contributed by atoms with E-state index in [1.165, 1.54) is 48.6 Å². The van der Waals surface area contributed by atoms with Gasteiger partial charge < -0.3 is 4.57 Å². The Bertz CT molecular complexity index is 3180. The molecule has 0 bridgehead atoms. The van der Waals surface area contributed by atoms with E-state index in [1.54, 1.807) is 0 Å². The molecule has 11 rings (SSSR count). The predicted octanol–water partition coefficient (Wildman–Crippen LogP) is 13.7. The lowest BCUT2D eigenvalue weighted by molar-refractivity contribution is 1.18. The van der Waals surface area contributed by atoms with Crippen molar-refractivity contribution in [2.24, 2.45) is 0 Å². The van der Waals surface area contributed by atoms with Gasteiger partial charge in [0, 0.05) is 38.7 Å². The van der Waals surface area contributed by atoms with Gasteiger partial charge in [0.15, 0.2) is 5.82 Å². The predicted molar refractivity (Wildman–Crippen MR) is 231 cm³/mol. The van der Waals surface area contributed by atoms with Crippen LogP contribution in [0.25, 0.3) is 105 Å². The minimum absolute atomic E-state index is 0.689. The number of nitrogens with zero attached hydrogens (tertiary/aromatic N) is 3. The van der Waals surface area contributed by atoms with Gasteiger partial charge in [-0.2, -0.15) is 0 Å². The van der Waals surface area contributed by atoms with Crippen LogP contribution in [0.3, 0.4) is 0 Å². The maximum absolute atomic E-state index is 5.42. The molecule has 0 aliphatic carbocycles. The molecule has 0 spiro atoms. The summed E-state index contributed by atoms with van der Waals surface area (Å²) in [6, 6.07) is 71.5. The largest absolute Gasteiger partial charge is 0.309 e. The Morgan fingerprint density at radius 2 is 0.764 bits per heavy atom. The van der Waals surface area contributed by atoms with Gasteiger partial charge in [-0.25, -0.2) is 9.97 Å². The lowest BCUT2D eigenvalue weighted by Gasteiger charge is -2.18. The number of hydrogen-bond donors (Lipinski definition) is 0. The molecule has 3 nitrogen and oxygen atoms in total. The van der Waals surface area contributed by atoms with Crippen LogP contribution in [0.5, 0.6) is 0 Å². The van der Waals surface area contributed by atoms with Crippen LogP contribution in [0.4, 0.5) is 0 Å². The summed E-state index contributed by atoms with van der Waals surface area (Å²) < 4.78 is 2.42. The SMILES string of the molecule is c1ccc(-c2cc(-c3ccccc3)nc(-c3cc4c5ccccc5c5ccccc5c4cc3-c3cccc4c5ccccc5n(-c5ccccc5)c34)n2)cc1. The summed E-state index contributed by atoms with van der Waals surface area (Å²) >= 11 is 0. The zero-order valence-corrected chi connectivity index (χ0v) is 29.9. The second-order valence-corrected chi connectivity index (χ2v) is 14.1. The first-order valence-corrected chi connectivity index (χ1v) is 18.8. The highest BCUT2D eigenvalue weighted by molar-refractivity contribution is 6.27. The van der Waals surface area contributed by atoms with Crippen molar-refractivity contribution in [2.75, 3.05) is 0 Å². The summed E-state index contributed by atoms with van der Waals surface area (Å²) in [7, 11) is 0. The molecule has 0 atom stereocenters. The summed E-state index contributed by atoms with van der Waals surface area (Å²) in [6.45, 7) is 0. The van der Waals surface area contributed by atoms with Crippen LogP contribution in [0, 0.1) is 0 Å². The number of rotatable bonds is 5. The molecule has 0 aliphatic rings. The number of fused-ring (bicyclic) bond motifs is 9. The minimum Gasteiger partial charge on any atom is -0.309 e. The van der Waals surface area contributed by atoms with E-state index in [4.69, 9.17) is 9.97 Å². The van der Waals surface area contributed by atoms with E-state index in [0.29, 0.717) is 5.82 Å². The van der Waals surface area contributed by atoms with Crippen molar-refractivity contribution in [1.82, 2.24) is 14.5 Å². The molecule has 0 radical (unpaired) electrons. The van der Waals surface area contributed by atoms with Gasteiger partial charge >= 0.3 is 0 Å². The summed E-state index contributed by atoms with van der Waals surface area (Å²) in [5, 5.41) is 9.72. The maximum atomic E-state index is 5.42. The van der Waals surface area contributed by atoms with E-state index < -0.39 is 0 Å². The van der Waals surface area contributed by atoms with E-state index in [0.717, 1.165) is 50.4 Å². The van der Waals surface area contributed by atoms with E-state index in [9.17, 15) is 0 Å². The quantitative estimate of drug-likeness (QED) is 0.167. The van der Waals surface area contributed by atoms with Crippen molar-refractivity contribution >= 4 is 54.1 Å². The second kappa shape index (κ2) is 12.6. The maximum Gasteiger partial charge on any atom is 0.161 e. The standard InChI is InChI=1S/C52H33N3/c1-4-17-34(18-5-1)48-33-49(35-19-6-2-7-20-35)54-52(53-48)47-32-45-40-26-13-11-24-38(40)37-23-10-12-25-39(37)44(45)31-46(47)43-29-16-28-42-41-27-14-15-30-50(41)55(51(42)43)36-21-8-3-9-22-36/h1-33H. The van der Waals surface area contributed by atoms with Gasteiger partial charge in [-0.05, 0) is 74.3 Å². The smallest absolute Gasteiger partial charge is 0.161 e. The summed E-state index contributed by atoms with van der Waals surface area (Å²) in [4.78, 5) is 10.8. The highest BCUT2D eigenvalue weighted by atomic mass is 15.0. The van der Waals surface area contributed by atoms with Crippen molar-refractivity contribution in [3.63, 3.8) is 0 Å². The van der Waals surface area contributed by atoms with Crippen molar-refractivity contribution < 1.29 is 0 Å². The zero-order chi connectivity index (χ0) is 36.3. The summed E-state index contributed by atoms with van der Waals surface area (Å²) in [6.07, 6.45) is 0. The van der Waals surface area contributed by atoms with Gasteiger partial charge in [0.05, 0.1) is 22.4 Å². The summed E-state index contributed by atoms with van der Waals surface area (Å²) in [5.41, 5.74) is 10.5. The van der Waals surface area contributed by atoms with Crippen molar-refractivity contribution in [3.05, 3.63) is 200 Å². The molecule has 3 heteroatoms. The van der Waals surface area contributed by atoms with Gasteiger partial charge in [0.25, 0.3) is 0 Å². The molecule has 11 aromatic rings. The van der Waals surface area contributed by atoms with E-state index in [1.807, 2.05) is 12.1 Å². The molecule has 0 saturated carbocycles. The van der Waals surface area contributed by atoms with Gasteiger partial charge in [-0.1, -0.05) is 164 Å². The zero-order valence-electron chi connectivity index (χ0n) is 29.9. The Morgan fingerprint density at radius 3 is 1.35 bits per heavy atom. The van der Waals surface area contributed by atoms with Crippen LogP contribution in [0.1, 0.15) is 0 Å². The normalized spacial score (nSPS) is 11.6. The van der Waals surface area contributed by atoms with E-state index in [-0.39, 0.29) is 0 Å². The van der Waals surface area contributed by atoms with Crippen LogP contribution in [0.15, 0.2) is 200 Å². The van der Waals surface area contributed by atoms with E-state index >= 15 is 0 Å². The van der Waals surface area contributed by atoms with Gasteiger partial charge in [-0.3, -0.25) is 0 Å². The topological polar surface area (TPSA) is 30.7 Å². The lowest BCUT2D eigenvalue weighted by atomic mass is 9.88. The lowest BCUT2D eigenvalue weighted by Crippen LogP contribution is -1.99. The monoisotopic (exact) mass is 699 g/mol. The van der Waals surface area contributed by atoms with Gasteiger partial charge in [-0.15, -0.1) is 0 Å². The first kappa shape index (κ1) is 31.2. The third-order valence-electron chi connectivity index (χ3n) is 11.0. The molecule has 256 valence electrons. The van der Waals surface area contributed by atoms with Crippen LogP contribution in [-0.2, 0) is 0 Å². The molecule has 0 aliphatic heterocycles. The van der Waals surface area contributed by atoms with Crippen molar-refractivity contribution in [1.29, 1.82) is 0 Å². The second-order valence-electron chi connectivity index (χ2n) is 14.1. The van der Waals surface area contributed by atoms with Gasteiger partial charge in [0.1, 0.15) is 0 Å². The Hall–Kier alpha value is -7.36. The molecule has 2 heterocycles. The third kappa shape index (κ3) is 5.05. The van der Waals surface area contributed by atoms with Crippen LogP contribution < -0.4 is 0 Å². The van der Waals surface area contributed by atoms with Crippen molar-refractivity contribution in [3.8, 4) is 50.7 Å². The summed E-state index contributed by atoms with van der Waals surface area (Å²) in [5.74, 6) is 0.689. The Kier molecular flexibility index (Phi) is 7.17. The Balaban J connectivity index is 1.32. The fraction of sp³-hybridized carbons (Fsp3) is 0. The average molecular weight is 700 g/mol. The first-order chi connectivity index (χ1) is 27.3. The number of benzene rings is 9. The first-order valence-electron chi connectivity index (χ1n) is 18.8. The minimum atomic E-state index is 0.689. The molecule has 2 aromatic heterocycles.